The minimum atomic E-state index is -0.261. The number of aromatic nitrogens is 1. The number of carbonyl (C=O) groups excluding carboxylic acids is 1. The van der Waals surface area contributed by atoms with Crippen molar-refractivity contribution < 1.29 is 13.9 Å². The smallest absolute Gasteiger partial charge is 0.271 e. The SMILES string of the molecule is O=C(NCc1ccco1)c1csc(-c2ccccc2OCc2ccc(Cl)c(Cl)c2)n1. The Labute approximate surface area is 187 Å². The first-order valence-corrected chi connectivity index (χ1v) is 10.7. The molecule has 152 valence electrons. The first-order chi connectivity index (χ1) is 14.6. The molecule has 8 heteroatoms. The Morgan fingerprint density at radius 1 is 1.10 bits per heavy atom. The molecule has 0 aliphatic heterocycles. The quantitative estimate of drug-likeness (QED) is 0.357. The average Bonchev–Trinajstić information content (AvgIpc) is 3.45. The molecule has 0 aliphatic rings. The minimum absolute atomic E-state index is 0.261. The third-order valence-electron chi connectivity index (χ3n) is 4.24. The lowest BCUT2D eigenvalue weighted by Gasteiger charge is -2.10. The van der Waals surface area contributed by atoms with E-state index in [-0.39, 0.29) is 5.91 Å². The topological polar surface area (TPSA) is 64.4 Å². The van der Waals surface area contributed by atoms with Gasteiger partial charge < -0.3 is 14.5 Å². The lowest BCUT2D eigenvalue weighted by Crippen LogP contribution is -2.22. The second kappa shape index (κ2) is 9.34. The van der Waals surface area contributed by atoms with Crippen molar-refractivity contribution in [3.63, 3.8) is 0 Å². The highest BCUT2D eigenvalue weighted by Crippen LogP contribution is 2.33. The third-order valence-corrected chi connectivity index (χ3v) is 5.85. The van der Waals surface area contributed by atoms with Crippen molar-refractivity contribution in [2.45, 2.75) is 13.2 Å². The summed E-state index contributed by atoms with van der Waals surface area (Å²) < 4.78 is 11.2. The van der Waals surface area contributed by atoms with E-state index < -0.39 is 0 Å². The van der Waals surface area contributed by atoms with Crippen molar-refractivity contribution >= 4 is 40.4 Å². The molecule has 4 rings (SSSR count). The number of furan rings is 1. The predicted molar refractivity (Wildman–Crippen MR) is 118 cm³/mol. The highest BCUT2D eigenvalue weighted by molar-refractivity contribution is 7.13. The van der Waals surface area contributed by atoms with Crippen LogP contribution in [0.1, 0.15) is 21.8 Å². The van der Waals surface area contributed by atoms with Crippen LogP contribution in [0.3, 0.4) is 0 Å². The van der Waals surface area contributed by atoms with E-state index in [2.05, 4.69) is 10.3 Å². The van der Waals surface area contributed by atoms with E-state index in [4.69, 9.17) is 32.4 Å². The predicted octanol–water partition coefficient (Wildman–Crippen LogP) is 6.22. The zero-order chi connectivity index (χ0) is 20.9. The van der Waals surface area contributed by atoms with E-state index in [0.717, 1.165) is 11.1 Å². The molecular weight excluding hydrogens is 443 g/mol. The van der Waals surface area contributed by atoms with Crippen LogP contribution in [0, 0.1) is 0 Å². The van der Waals surface area contributed by atoms with Crippen molar-refractivity contribution in [3.05, 3.63) is 93.3 Å². The van der Waals surface area contributed by atoms with Crippen LogP contribution in [0.15, 0.2) is 70.7 Å². The normalized spacial score (nSPS) is 10.7. The van der Waals surface area contributed by atoms with Crippen LogP contribution in [0.4, 0.5) is 0 Å². The van der Waals surface area contributed by atoms with Gasteiger partial charge in [-0.05, 0) is 42.0 Å². The fourth-order valence-corrected chi connectivity index (χ4v) is 3.88. The maximum absolute atomic E-state index is 12.4. The van der Waals surface area contributed by atoms with Gasteiger partial charge in [-0.1, -0.05) is 41.4 Å². The lowest BCUT2D eigenvalue weighted by molar-refractivity contribution is 0.0944. The summed E-state index contributed by atoms with van der Waals surface area (Å²) in [7, 11) is 0. The number of rotatable bonds is 7. The van der Waals surface area contributed by atoms with Gasteiger partial charge in [-0.25, -0.2) is 4.98 Å². The molecule has 0 unspecified atom stereocenters. The summed E-state index contributed by atoms with van der Waals surface area (Å²) in [6, 6.07) is 16.5. The number of ether oxygens (including phenoxy) is 1. The summed E-state index contributed by atoms with van der Waals surface area (Å²) in [6.07, 6.45) is 1.57. The van der Waals surface area contributed by atoms with Gasteiger partial charge in [-0.15, -0.1) is 11.3 Å². The monoisotopic (exact) mass is 458 g/mol. The van der Waals surface area contributed by atoms with Gasteiger partial charge in [-0.2, -0.15) is 0 Å². The fraction of sp³-hybridized carbons (Fsp3) is 0.0909. The Hall–Kier alpha value is -2.80. The molecule has 1 amide bonds. The average molecular weight is 459 g/mol. The van der Waals surface area contributed by atoms with Crippen LogP contribution in [-0.2, 0) is 13.2 Å². The number of nitrogens with zero attached hydrogens (tertiary/aromatic N) is 1. The molecule has 4 aromatic rings. The van der Waals surface area contributed by atoms with E-state index in [1.807, 2.05) is 30.3 Å². The maximum Gasteiger partial charge on any atom is 0.271 e. The molecule has 0 radical (unpaired) electrons. The standard InChI is InChI=1S/C22H16Cl2N2O3S/c23-17-8-7-14(10-18(17)24)12-29-20-6-2-1-5-16(20)22-26-19(13-30-22)21(27)25-11-15-4-3-9-28-15/h1-10,13H,11-12H2,(H,25,27). The molecule has 1 N–H and O–H groups in total. The second-order valence-corrected chi connectivity index (χ2v) is 8.01. The second-order valence-electron chi connectivity index (χ2n) is 6.33. The van der Waals surface area contributed by atoms with Crippen molar-refractivity contribution in [3.8, 4) is 16.3 Å². The molecule has 0 saturated carbocycles. The van der Waals surface area contributed by atoms with Crippen LogP contribution in [0.25, 0.3) is 10.6 Å². The summed E-state index contributed by atoms with van der Waals surface area (Å²) in [5.41, 5.74) is 2.06. The number of hydrogen-bond donors (Lipinski definition) is 1. The number of nitrogens with one attached hydrogen (secondary N) is 1. The summed E-state index contributed by atoms with van der Waals surface area (Å²) in [6.45, 7) is 0.637. The van der Waals surface area contributed by atoms with E-state index >= 15 is 0 Å². The largest absolute Gasteiger partial charge is 0.488 e. The summed E-state index contributed by atoms with van der Waals surface area (Å²) in [4.78, 5) is 16.9. The molecule has 30 heavy (non-hydrogen) atoms. The molecule has 5 nitrogen and oxygen atoms in total. The summed E-state index contributed by atoms with van der Waals surface area (Å²) >= 11 is 13.4. The van der Waals surface area contributed by atoms with E-state index in [1.165, 1.54) is 11.3 Å². The molecular formula is C22H16Cl2N2O3S. The van der Waals surface area contributed by atoms with Crippen LogP contribution in [0.2, 0.25) is 10.0 Å². The highest BCUT2D eigenvalue weighted by Gasteiger charge is 2.15. The molecule has 0 atom stereocenters. The van der Waals surface area contributed by atoms with E-state index in [9.17, 15) is 4.79 Å². The van der Waals surface area contributed by atoms with Crippen molar-refractivity contribution in [1.82, 2.24) is 10.3 Å². The summed E-state index contributed by atoms with van der Waals surface area (Å²) in [5, 5.41) is 6.20. The Kier molecular flexibility index (Phi) is 6.38. The third kappa shape index (κ3) is 4.84. The Morgan fingerprint density at radius 3 is 2.77 bits per heavy atom. The van der Waals surface area contributed by atoms with Crippen molar-refractivity contribution in [2.24, 2.45) is 0 Å². The molecule has 2 aromatic heterocycles. The lowest BCUT2D eigenvalue weighted by atomic mass is 10.2. The number of hydrogen-bond acceptors (Lipinski definition) is 5. The molecule has 0 spiro atoms. The molecule has 0 saturated heterocycles. The number of carbonyl (C=O) groups is 1. The first-order valence-electron chi connectivity index (χ1n) is 9.02. The Morgan fingerprint density at radius 2 is 1.97 bits per heavy atom. The van der Waals surface area contributed by atoms with Gasteiger partial charge in [0.15, 0.2) is 0 Å². The molecule has 0 aliphatic carbocycles. The van der Waals surface area contributed by atoms with Gasteiger partial charge >= 0.3 is 0 Å². The van der Waals surface area contributed by atoms with Crippen LogP contribution in [-0.4, -0.2) is 10.9 Å². The summed E-state index contributed by atoms with van der Waals surface area (Å²) in [5.74, 6) is 1.09. The van der Waals surface area contributed by atoms with E-state index in [1.54, 1.807) is 35.9 Å². The van der Waals surface area contributed by atoms with Crippen LogP contribution in [0.5, 0.6) is 5.75 Å². The Bertz CT molecular complexity index is 1160. The molecule has 0 bridgehead atoms. The Balaban J connectivity index is 1.46. The van der Waals surface area contributed by atoms with Crippen LogP contribution >= 0.6 is 34.5 Å². The molecule has 2 heterocycles. The number of halogens is 2. The number of para-hydroxylation sites is 1. The first kappa shape index (κ1) is 20.5. The minimum Gasteiger partial charge on any atom is -0.488 e. The zero-order valence-corrected chi connectivity index (χ0v) is 17.9. The zero-order valence-electron chi connectivity index (χ0n) is 15.6. The number of amides is 1. The van der Waals surface area contributed by atoms with Gasteiger partial charge in [0.05, 0.1) is 28.4 Å². The van der Waals surface area contributed by atoms with Gasteiger partial charge in [0.2, 0.25) is 0 Å². The molecule has 2 aromatic carbocycles. The van der Waals surface area contributed by atoms with E-state index in [0.29, 0.717) is 45.4 Å². The van der Waals surface area contributed by atoms with Gasteiger partial charge in [0.25, 0.3) is 5.91 Å². The van der Waals surface area contributed by atoms with Crippen molar-refractivity contribution in [1.29, 1.82) is 0 Å². The highest BCUT2D eigenvalue weighted by atomic mass is 35.5. The number of thiazole rings is 1. The van der Waals surface area contributed by atoms with Gasteiger partial charge in [0, 0.05) is 5.38 Å². The fourth-order valence-electron chi connectivity index (χ4n) is 2.73. The van der Waals surface area contributed by atoms with Crippen LogP contribution < -0.4 is 10.1 Å². The van der Waals surface area contributed by atoms with Gasteiger partial charge in [0.1, 0.15) is 28.8 Å². The van der Waals surface area contributed by atoms with Gasteiger partial charge in [-0.3, -0.25) is 4.79 Å². The molecule has 0 fully saturated rings. The number of benzene rings is 2. The van der Waals surface area contributed by atoms with Crippen molar-refractivity contribution in [2.75, 3.05) is 0 Å². The maximum atomic E-state index is 12.4.